The number of carbonyl (C=O) groups excluding carboxylic acids is 1. The van der Waals surface area contributed by atoms with Crippen LogP contribution in [0.1, 0.15) is 16.2 Å². The summed E-state index contributed by atoms with van der Waals surface area (Å²) in [6, 6.07) is 5.47. The molecule has 0 spiro atoms. The van der Waals surface area contributed by atoms with E-state index in [1.807, 2.05) is 19.2 Å². The van der Waals surface area contributed by atoms with Crippen molar-refractivity contribution in [1.29, 1.82) is 0 Å². The van der Waals surface area contributed by atoms with Gasteiger partial charge in [-0.15, -0.1) is 0 Å². The second-order valence-corrected chi connectivity index (χ2v) is 4.13. The Balaban J connectivity index is 1.89. The molecular formula is C13H17N5O. The van der Waals surface area contributed by atoms with Gasteiger partial charge in [-0.3, -0.25) is 14.5 Å². The van der Waals surface area contributed by atoms with E-state index in [-0.39, 0.29) is 5.91 Å². The van der Waals surface area contributed by atoms with Crippen molar-refractivity contribution in [1.82, 2.24) is 20.1 Å². The highest BCUT2D eigenvalue weighted by Gasteiger charge is 2.07. The number of pyridine rings is 1. The van der Waals surface area contributed by atoms with Crippen LogP contribution in [0.5, 0.6) is 0 Å². The minimum absolute atomic E-state index is 0.167. The maximum absolute atomic E-state index is 11.9. The van der Waals surface area contributed by atoms with Gasteiger partial charge in [0.1, 0.15) is 5.69 Å². The van der Waals surface area contributed by atoms with E-state index in [0.29, 0.717) is 12.2 Å². The van der Waals surface area contributed by atoms with Crippen LogP contribution in [-0.2, 0) is 13.5 Å². The molecule has 19 heavy (non-hydrogen) atoms. The monoisotopic (exact) mass is 259 g/mol. The van der Waals surface area contributed by atoms with Crippen molar-refractivity contribution in [3.8, 4) is 0 Å². The third kappa shape index (κ3) is 3.31. The van der Waals surface area contributed by atoms with E-state index in [2.05, 4.69) is 20.7 Å². The summed E-state index contributed by atoms with van der Waals surface area (Å²) < 4.78 is 1.80. The van der Waals surface area contributed by atoms with Crippen molar-refractivity contribution in [2.45, 2.75) is 6.42 Å². The van der Waals surface area contributed by atoms with Gasteiger partial charge in [0, 0.05) is 50.8 Å². The summed E-state index contributed by atoms with van der Waals surface area (Å²) in [7, 11) is 3.69. The predicted molar refractivity (Wildman–Crippen MR) is 73.0 cm³/mol. The van der Waals surface area contributed by atoms with E-state index < -0.39 is 0 Å². The molecule has 0 fully saturated rings. The molecule has 0 aliphatic carbocycles. The highest BCUT2D eigenvalue weighted by Crippen LogP contribution is 2.06. The van der Waals surface area contributed by atoms with E-state index in [9.17, 15) is 4.79 Å². The van der Waals surface area contributed by atoms with Crippen molar-refractivity contribution < 1.29 is 4.79 Å². The number of rotatable bonds is 5. The van der Waals surface area contributed by atoms with E-state index in [1.165, 1.54) is 0 Å². The summed E-state index contributed by atoms with van der Waals surface area (Å²) in [6.07, 6.45) is 4.10. The van der Waals surface area contributed by atoms with Crippen LogP contribution in [0.25, 0.3) is 0 Å². The molecule has 0 saturated carbocycles. The Kier molecular flexibility index (Phi) is 4.12. The first-order valence-electron chi connectivity index (χ1n) is 6.09. The van der Waals surface area contributed by atoms with Crippen molar-refractivity contribution in [3.05, 3.63) is 42.0 Å². The van der Waals surface area contributed by atoms with Crippen molar-refractivity contribution in [3.63, 3.8) is 0 Å². The average molecular weight is 259 g/mol. The third-order valence-corrected chi connectivity index (χ3v) is 2.87. The number of carbonyl (C=O) groups is 1. The highest BCUT2D eigenvalue weighted by atomic mass is 16.1. The van der Waals surface area contributed by atoms with Gasteiger partial charge in [0.2, 0.25) is 0 Å². The Hall–Kier alpha value is -2.37. The van der Waals surface area contributed by atoms with Crippen LogP contribution >= 0.6 is 0 Å². The zero-order valence-corrected chi connectivity index (χ0v) is 11.1. The predicted octanol–water partition coefficient (Wildman–Crippen LogP) is 0.829. The van der Waals surface area contributed by atoms with Gasteiger partial charge in [0.05, 0.1) is 0 Å². The summed E-state index contributed by atoms with van der Waals surface area (Å²) >= 11 is 0. The van der Waals surface area contributed by atoms with Crippen LogP contribution in [0.3, 0.4) is 0 Å². The largest absolute Gasteiger partial charge is 0.388 e. The molecule has 2 rings (SSSR count). The van der Waals surface area contributed by atoms with Crippen molar-refractivity contribution >= 4 is 11.6 Å². The molecular weight excluding hydrogens is 242 g/mol. The number of aromatic nitrogens is 3. The second-order valence-electron chi connectivity index (χ2n) is 4.13. The molecule has 2 aromatic rings. The molecule has 2 N–H and O–H groups in total. The molecule has 1 amide bonds. The number of amides is 1. The van der Waals surface area contributed by atoms with Crippen LogP contribution < -0.4 is 10.6 Å². The summed E-state index contributed by atoms with van der Waals surface area (Å²) in [5.74, 6) is -0.167. The minimum Gasteiger partial charge on any atom is -0.388 e. The molecule has 0 aliphatic heterocycles. The van der Waals surface area contributed by atoms with Gasteiger partial charge < -0.3 is 10.6 Å². The number of nitrogens with zero attached hydrogens (tertiary/aromatic N) is 3. The first kappa shape index (κ1) is 13.1. The van der Waals surface area contributed by atoms with E-state index in [0.717, 1.165) is 17.8 Å². The normalized spacial score (nSPS) is 10.2. The number of anilines is 1. The van der Waals surface area contributed by atoms with Gasteiger partial charge in [-0.1, -0.05) is 0 Å². The minimum atomic E-state index is -0.167. The number of aryl methyl sites for hydroxylation is 1. The number of hydrogen-bond acceptors (Lipinski definition) is 4. The number of nitrogens with one attached hydrogen (secondary N) is 2. The van der Waals surface area contributed by atoms with Crippen LogP contribution in [0, 0.1) is 0 Å². The lowest BCUT2D eigenvalue weighted by Crippen LogP contribution is -2.27. The van der Waals surface area contributed by atoms with Crippen LogP contribution in [0.15, 0.2) is 30.6 Å². The Bertz CT molecular complexity index is 564. The lowest BCUT2D eigenvalue weighted by atomic mass is 10.2. The lowest BCUT2D eigenvalue weighted by Gasteiger charge is -2.06. The summed E-state index contributed by atoms with van der Waals surface area (Å²) in [4.78, 5) is 16.0. The molecule has 0 atom stereocenters. The fourth-order valence-electron chi connectivity index (χ4n) is 1.75. The second kappa shape index (κ2) is 5.99. The molecule has 6 heteroatoms. The highest BCUT2D eigenvalue weighted by molar-refractivity contribution is 5.93. The topological polar surface area (TPSA) is 71.8 Å². The van der Waals surface area contributed by atoms with Crippen LogP contribution in [-0.4, -0.2) is 34.3 Å². The quantitative estimate of drug-likeness (QED) is 0.834. The van der Waals surface area contributed by atoms with Gasteiger partial charge in [-0.25, -0.2) is 0 Å². The fraction of sp³-hybridized carbons (Fsp3) is 0.308. The van der Waals surface area contributed by atoms with E-state index in [1.54, 1.807) is 30.2 Å². The zero-order valence-electron chi connectivity index (χ0n) is 11.1. The first-order valence-corrected chi connectivity index (χ1v) is 6.09. The average Bonchev–Trinajstić information content (AvgIpc) is 2.84. The molecule has 0 radical (unpaired) electrons. The van der Waals surface area contributed by atoms with Gasteiger partial charge in [0.15, 0.2) is 0 Å². The molecule has 2 heterocycles. The first-order chi connectivity index (χ1) is 9.20. The van der Waals surface area contributed by atoms with E-state index >= 15 is 0 Å². The van der Waals surface area contributed by atoms with Crippen molar-refractivity contribution in [2.24, 2.45) is 7.05 Å². The Labute approximate surface area is 111 Å². The third-order valence-electron chi connectivity index (χ3n) is 2.87. The molecule has 0 aromatic carbocycles. The van der Waals surface area contributed by atoms with Crippen molar-refractivity contribution in [2.75, 3.05) is 18.9 Å². The fourth-order valence-corrected chi connectivity index (χ4v) is 1.75. The SMILES string of the molecule is CNc1ccnc(C(=O)NCCc2ccnn2C)c1. The Morgan fingerprint density at radius 1 is 1.37 bits per heavy atom. The van der Waals surface area contributed by atoms with E-state index in [4.69, 9.17) is 0 Å². The van der Waals surface area contributed by atoms with Gasteiger partial charge >= 0.3 is 0 Å². The molecule has 0 aliphatic rings. The summed E-state index contributed by atoms with van der Waals surface area (Å²) in [6.45, 7) is 0.559. The lowest BCUT2D eigenvalue weighted by molar-refractivity contribution is 0.0949. The van der Waals surface area contributed by atoms with Gasteiger partial charge in [-0.05, 0) is 18.2 Å². The standard InChI is InChI=1S/C13H17N5O/c1-14-10-3-6-15-12(9-10)13(19)16-7-4-11-5-8-17-18(11)2/h3,5-6,8-9H,4,7H2,1-2H3,(H,14,15)(H,16,19). The maximum atomic E-state index is 11.9. The van der Waals surface area contributed by atoms with Crippen LogP contribution in [0.4, 0.5) is 5.69 Å². The Morgan fingerprint density at radius 2 is 2.21 bits per heavy atom. The Morgan fingerprint density at radius 3 is 2.89 bits per heavy atom. The van der Waals surface area contributed by atoms with Gasteiger partial charge in [0.25, 0.3) is 5.91 Å². The molecule has 0 saturated heterocycles. The molecule has 0 bridgehead atoms. The molecule has 100 valence electrons. The summed E-state index contributed by atoms with van der Waals surface area (Å²) in [5.41, 5.74) is 2.36. The molecule has 0 unspecified atom stereocenters. The zero-order chi connectivity index (χ0) is 13.7. The molecule has 2 aromatic heterocycles. The smallest absolute Gasteiger partial charge is 0.269 e. The number of hydrogen-bond donors (Lipinski definition) is 2. The van der Waals surface area contributed by atoms with Gasteiger partial charge in [-0.2, -0.15) is 5.10 Å². The molecule has 6 nitrogen and oxygen atoms in total. The maximum Gasteiger partial charge on any atom is 0.269 e. The van der Waals surface area contributed by atoms with Crippen LogP contribution in [0.2, 0.25) is 0 Å². The summed E-state index contributed by atoms with van der Waals surface area (Å²) in [5, 5.41) is 9.90.